The highest BCUT2D eigenvalue weighted by Gasteiger charge is 2.69. The zero-order valence-corrected chi connectivity index (χ0v) is 20.5. The molecule has 5 heteroatoms. The molecule has 0 radical (unpaired) electrons. The summed E-state index contributed by atoms with van der Waals surface area (Å²) in [5.41, 5.74) is 6.76. The van der Waals surface area contributed by atoms with Crippen molar-refractivity contribution in [3.05, 3.63) is 35.9 Å². The number of likely N-dealkylation sites (tertiary alicyclic amines) is 1. The monoisotopic (exact) mass is 458 g/mol. The fourth-order valence-corrected chi connectivity index (χ4v) is 8.89. The highest BCUT2D eigenvalue weighted by molar-refractivity contribution is 5.84. The molecule has 5 fully saturated rings. The first-order valence-corrected chi connectivity index (χ1v) is 12.9. The smallest absolute Gasteiger partial charge is 0.239 e. The molecule has 33 heavy (non-hydrogen) atoms. The Kier molecular flexibility index (Phi) is 5.47. The van der Waals surface area contributed by atoms with Crippen molar-refractivity contribution in [1.82, 2.24) is 4.90 Å². The van der Waals surface area contributed by atoms with Gasteiger partial charge in [-0.3, -0.25) is 4.79 Å². The Morgan fingerprint density at radius 2 is 1.76 bits per heavy atom. The number of nitrogens with two attached hydrogens (primary N) is 1. The summed E-state index contributed by atoms with van der Waals surface area (Å²) in [5.74, 6) is 0.642. The number of piperidine rings is 1. The minimum absolute atomic E-state index is 0.0143. The first-order chi connectivity index (χ1) is 15.6. The third kappa shape index (κ3) is 3.47. The summed E-state index contributed by atoms with van der Waals surface area (Å²) in [6.07, 6.45) is 3.63. The lowest BCUT2D eigenvalue weighted by atomic mass is 9.35. The van der Waals surface area contributed by atoms with E-state index in [-0.39, 0.29) is 46.5 Å². The van der Waals surface area contributed by atoms with Crippen molar-refractivity contribution < 1.29 is 13.6 Å². The van der Waals surface area contributed by atoms with E-state index in [4.69, 9.17) is 5.73 Å². The van der Waals surface area contributed by atoms with Gasteiger partial charge in [0.1, 0.15) is 0 Å². The highest BCUT2D eigenvalue weighted by atomic mass is 19.3. The lowest BCUT2D eigenvalue weighted by Gasteiger charge is -2.69. The largest absolute Gasteiger partial charge is 0.342 e. The van der Waals surface area contributed by atoms with Gasteiger partial charge in [-0.05, 0) is 78.6 Å². The molecule has 2 unspecified atom stereocenters. The van der Waals surface area contributed by atoms with Gasteiger partial charge in [0, 0.05) is 25.6 Å². The molecule has 1 aliphatic heterocycles. The first-order valence-electron chi connectivity index (χ1n) is 12.9. The lowest BCUT2D eigenvalue weighted by Crippen LogP contribution is -2.67. The molecule has 1 aromatic carbocycles. The van der Waals surface area contributed by atoms with Gasteiger partial charge in [0.25, 0.3) is 0 Å². The normalized spacial score (nSPS) is 41.5. The van der Waals surface area contributed by atoms with Gasteiger partial charge < -0.3 is 10.6 Å². The van der Waals surface area contributed by atoms with Crippen LogP contribution < -0.4 is 5.73 Å². The van der Waals surface area contributed by atoms with Crippen LogP contribution in [0.5, 0.6) is 0 Å². The summed E-state index contributed by atoms with van der Waals surface area (Å²) in [7, 11) is 0. The van der Waals surface area contributed by atoms with E-state index in [1.54, 1.807) is 0 Å². The van der Waals surface area contributed by atoms with Crippen LogP contribution in [0.1, 0.15) is 77.7 Å². The van der Waals surface area contributed by atoms with Crippen LogP contribution in [0.4, 0.5) is 8.78 Å². The fraction of sp³-hybridized carbons (Fsp3) is 0.750. The van der Waals surface area contributed by atoms with Gasteiger partial charge >= 0.3 is 0 Å². The second-order valence-corrected chi connectivity index (χ2v) is 12.6. The van der Waals surface area contributed by atoms with Gasteiger partial charge in [-0.15, -0.1) is 0 Å². The SMILES string of the molecule is CCC1(CC(F)F)C2CC3(C(=O)N4CC[C@H](N)C(C)(C)C4)CC1CC(c1ccccc1)(C2)C3. The summed E-state index contributed by atoms with van der Waals surface area (Å²) >= 11 is 0. The molecule has 182 valence electrons. The molecule has 4 bridgehead atoms. The predicted molar refractivity (Wildman–Crippen MR) is 127 cm³/mol. The maximum atomic E-state index is 14.3. The average molecular weight is 459 g/mol. The van der Waals surface area contributed by atoms with Gasteiger partial charge in [-0.1, -0.05) is 51.1 Å². The molecule has 6 rings (SSSR count). The molecule has 1 aromatic rings. The Bertz CT molecular complexity index is 882. The number of carbonyl (C=O) groups is 1. The van der Waals surface area contributed by atoms with Crippen LogP contribution in [0.15, 0.2) is 30.3 Å². The van der Waals surface area contributed by atoms with Crippen LogP contribution in [0.2, 0.25) is 0 Å². The van der Waals surface area contributed by atoms with E-state index in [0.717, 1.165) is 51.5 Å². The van der Waals surface area contributed by atoms with Gasteiger partial charge in [-0.2, -0.15) is 0 Å². The van der Waals surface area contributed by atoms with Gasteiger partial charge in [0.15, 0.2) is 0 Å². The van der Waals surface area contributed by atoms with Crippen LogP contribution in [0, 0.1) is 28.1 Å². The van der Waals surface area contributed by atoms with Crippen molar-refractivity contribution in [2.75, 3.05) is 13.1 Å². The number of benzene rings is 1. The zero-order valence-electron chi connectivity index (χ0n) is 20.5. The van der Waals surface area contributed by atoms with Crippen LogP contribution in [-0.4, -0.2) is 36.4 Å². The molecule has 1 amide bonds. The molecule has 4 aliphatic carbocycles. The average Bonchev–Trinajstić information content (AvgIpc) is 2.77. The first kappa shape index (κ1) is 23.3. The molecule has 1 saturated heterocycles. The van der Waals surface area contributed by atoms with E-state index >= 15 is 0 Å². The van der Waals surface area contributed by atoms with E-state index in [0.29, 0.717) is 6.54 Å². The van der Waals surface area contributed by atoms with E-state index in [1.807, 2.05) is 6.07 Å². The van der Waals surface area contributed by atoms with Crippen molar-refractivity contribution in [3.8, 4) is 0 Å². The lowest BCUT2D eigenvalue weighted by molar-refractivity contribution is -0.197. The van der Waals surface area contributed by atoms with Gasteiger partial charge in [0.2, 0.25) is 12.3 Å². The van der Waals surface area contributed by atoms with Crippen molar-refractivity contribution in [3.63, 3.8) is 0 Å². The molecule has 5 aliphatic rings. The maximum absolute atomic E-state index is 14.3. The number of carbonyl (C=O) groups excluding carboxylic acids is 1. The van der Waals surface area contributed by atoms with E-state index < -0.39 is 11.8 Å². The third-order valence-electron chi connectivity index (χ3n) is 10.5. The quantitative estimate of drug-likeness (QED) is 0.609. The molecular weight excluding hydrogens is 418 g/mol. The second-order valence-electron chi connectivity index (χ2n) is 12.6. The van der Waals surface area contributed by atoms with E-state index in [1.165, 1.54) is 5.56 Å². The Labute approximate surface area is 197 Å². The minimum Gasteiger partial charge on any atom is -0.342 e. The Morgan fingerprint density at radius 3 is 2.30 bits per heavy atom. The van der Waals surface area contributed by atoms with Gasteiger partial charge in [-0.25, -0.2) is 8.78 Å². The molecule has 0 aromatic heterocycles. The predicted octanol–water partition coefficient (Wildman–Crippen LogP) is 5.77. The third-order valence-corrected chi connectivity index (χ3v) is 10.5. The number of amides is 1. The number of nitrogens with zero attached hydrogens (tertiary/aromatic N) is 1. The molecule has 0 spiro atoms. The molecular formula is C28H40F2N2O. The molecule has 3 atom stereocenters. The number of alkyl halides is 2. The minimum atomic E-state index is -2.29. The summed E-state index contributed by atoms with van der Waals surface area (Å²) in [6.45, 7) is 7.83. The fourth-order valence-electron chi connectivity index (χ4n) is 8.89. The van der Waals surface area contributed by atoms with Crippen molar-refractivity contribution in [1.29, 1.82) is 0 Å². The van der Waals surface area contributed by atoms with Crippen LogP contribution >= 0.6 is 0 Å². The summed E-state index contributed by atoms with van der Waals surface area (Å²) in [4.78, 5) is 16.4. The van der Waals surface area contributed by atoms with Crippen LogP contribution in [0.3, 0.4) is 0 Å². The topological polar surface area (TPSA) is 46.3 Å². The summed E-state index contributed by atoms with van der Waals surface area (Å²) in [6, 6.07) is 10.7. The second kappa shape index (κ2) is 7.76. The van der Waals surface area contributed by atoms with E-state index in [2.05, 4.69) is 49.9 Å². The summed E-state index contributed by atoms with van der Waals surface area (Å²) in [5, 5.41) is 0. The Balaban J connectivity index is 1.54. The molecule has 2 N–H and O–H groups in total. The number of rotatable bonds is 5. The van der Waals surface area contributed by atoms with E-state index in [9.17, 15) is 13.6 Å². The number of hydrogen-bond acceptors (Lipinski definition) is 2. The molecule has 1 heterocycles. The Hall–Kier alpha value is -1.49. The maximum Gasteiger partial charge on any atom is 0.239 e. The standard InChI is InChI=1S/C28H40F2N2O/c1-4-28(16-23(29)30)20-12-26(19-8-6-5-7-9-19)13-21(28)15-27(14-20,17-26)24(33)32-11-10-22(31)25(2,3)18-32/h5-9,20-23H,4,10-18,31H2,1-3H3/t20?,21?,22-,26?,27?,28?/m0/s1. The zero-order chi connectivity index (χ0) is 23.6. The van der Waals surface area contributed by atoms with Crippen molar-refractivity contribution in [2.45, 2.75) is 90.0 Å². The number of hydrogen-bond donors (Lipinski definition) is 1. The molecule has 3 nitrogen and oxygen atoms in total. The van der Waals surface area contributed by atoms with Crippen LogP contribution in [0.25, 0.3) is 0 Å². The Morgan fingerprint density at radius 1 is 1.12 bits per heavy atom. The van der Waals surface area contributed by atoms with Crippen molar-refractivity contribution >= 4 is 5.91 Å². The highest BCUT2D eigenvalue weighted by Crippen LogP contribution is 2.73. The van der Waals surface area contributed by atoms with Crippen LogP contribution in [-0.2, 0) is 10.2 Å². The summed E-state index contributed by atoms with van der Waals surface area (Å²) < 4.78 is 27.7. The van der Waals surface area contributed by atoms with Gasteiger partial charge in [0.05, 0.1) is 5.41 Å². The number of halogens is 2. The molecule has 4 saturated carbocycles. The van der Waals surface area contributed by atoms with Crippen molar-refractivity contribution in [2.24, 2.45) is 33.8 Å².